The van der Waals surface area contributed by atoms with Crippen LogP contribution >= 0.6 is 11.6 Å². The number of aryl methyl sites for hydroxylation is 1. The molecule has 4 heteroatoms. The Morgan fingerprint density at radius 2 is 2.05 bits per heavy atom. The van der Waals surface area contributed by atoms with Gasteiger partial charge in [-0.05, 0) is 30.7 Å². The highest BCUT2D eigenvalue weighted by atomic mass is 35.5. The maximum Gasteiger partial charge on any atom is 0.254 e. The van der Waals surface area contributed by atoms with Crippen molar-refractivity contribution in [3.05, 3.63) is 70.0 Å². The van der Waals surface area contributed by atoms with Gasteiger partial charge in [-0.15, -0.1) is 0 Å². The van der Waals surface area contributed by atoms with Crippen LogP contribution in [-0.2, 0) is 6.54 Å². The first kappa shape index (κ1) is 13.6. The average Bonchev–Trinajstić information content (AvgIpc) is 2.39. The van der Waals surface area contributed by atoms with E-state index in [0.29, 0.717) is 11.6 Å². The molecule has 0 unspecified atom stereocenters. The zero-order chi connectivity index (χ0) is 13.8. The molecule has 0 radical (unpaired) electrons. The molecule has 0 bridgehead atoms. The molecule has 1 N–H and O–H groups in total. The molecule has 0 aromatic heterocycles. The quantitative estimate of drug-likeness (QED) is 0.910. The van der Waals surface area contributed by atoms with Crippen molar-refractivity contribution in [2.75, 3.05) is 0 Å². The summed E-state index contributed by atoms with van der Waals surface area (Å²) in [6, 6.07) is 11.7. The van der Waals surface area contributed by atoms with Gasteiger partial charge in [0.15, 0.2) is 0 Å². The van der Waals surface area contributed by atoms with Crippen molar-refractivity contribution in [2.24, 2.45) is 0 Å². The molecule has 1 amide bonds. The van der Waals surface area contributed by atoms with Crippen molar-refractivity contribution in [3.8, 4) is 0 Å². The highest BCUT2D eigenvalue weighted by molar-refractivity contribution is 6.30. The Balaban J connectivity index is 2.07. The standard InChI is InChI=1S/C15H13ClFNO/c1-10-3-2-4-11(7-10)9-18-15(19)13-8-12(16)5-6-14(13)17/h2-8H,9H2,1H3,(H,18,19). The van der Waals surface area contributed by atoms with Crippen molar-refractivity contribution in [1.82, 2.24) is 5.32 Å². The summed E-state index contributed by atoms with van der Waals surface area (Å²) in [6.07, 6.45) is 0. The minimum atomic E-state index is -0.578. The van der Waals surface area contributed by atoms with Crippen LogP contribution in [0.5, 0.6) is 0 Å². The Bertz CT molecular complexity index is 613. The number of benzene rings is 2. The number of carbonyl (C=O) groups is 1. The summed E-state index contributed by atoms with van der Waals surface area (Å²) in [6.45, 7) is 2.33. The number of rotatable bonds is 3. The predicted molar refractivity (Wildman–Crippen MR) is 73.8 cm³/mol. The summed E-state index contributed by atoms with van der Waals surface area (Å²) >= 11 is 5.75. The van der Waals surface area contributed by atoms with Crippen LogP contribution in [0.2, 0.25) is 5.02 Å². The van der Waals surface area contributed by atoms with Crippen LogP contribution in [0.15, 0.2) is 42.5 Å². The molecule has 2 aromatic carbocycles. The normalized spacial score (nSPS) is 10.3. The molecular formula is C15H13ClFNO. The van der Waals surface area contributed by atoms with Crippen LogP contribution < -0.4 is 5.32 Å². The molecule has 0 saturated heterocycles. The molecule has 19 heavy (non-hydrogen) atoms. The first-order valence-corrected chi connectivity index (χ1v) is 6.23. The van der Waals surface area contributed by atoms with Gasteiger partial charge in [-0.25, -0.2) is 4.39 Å². The van der Waals surface area contributed by atoms with Gasteiger partial charge in [0, 0.05) is 11.6 Å². The zero-order valence-corrected chi connectivity index (χ0v) is 11.2. The molecule has 0 atom stereocenters. The van der Waals surface area contributed by atoms with E-state index in [4.69, 9.17) is 11.6 Å². The van der Waals surface area contributed by atoms with E-state index in [9.17, 15) is 9.18 Å². The van der Waals surface area contributed by atoms with Crippen molar-refractivity contribution in [1.29, 1.82) is 0 Å². The first-order chi connectivity index (χ1) is 9.06. The van der Waals surface area contributed by atoms with Crippen molar-refractivity contribution >= 4 is 17.5 Å². The summed E-state index contributed by atoms with van der Waals surface area (Å²) < 4.78 is 13.5. The highest BCUT2D eigenvalue weighted by Gasteiger charge is 2.11. The molecule has 2 rings (SSSR count). The van der Waals surface area contributed by atoms with E-state index >= 15 is 0 Å². The molecule has 0 aliphatic heterocycles. The predicted octanol–water partition coefficient (Wildman–Crippen LogP) is 3.72. The fourth-order valence-electron chi connectivity index (χ4n) is 1.77. The highest BCUT2D eigenvalue weighted by Crippen LogP contribution is 2.15. The molecule has 2 aromatic rings. The summed E-state index contributed by atoms with van der Waals surface area (Å²) in [7, 11) is 0. The van der Waals surface area contributed by atoms with Gasteiger partial charge >= 0.3 is 0 Å². The van der Waals surface area contributed by atoms with Crippen LogP contribution in [0.3, 0.4) is 0 Å². The van der Waals surface area contributed by atoms with Gasteiger partial charge in [-0.2, -0.15) is 0 Å². The third-order valence-corrected chi connectivity index (χ3v) is 2.94. The van der Waals surface area contributed by atoms with Crippen molar-refractivity contribution < 1.29 is 9.18 Å². The van der Waals surface area contributed by atoms with Gasteiger partial charge in [0.25, 0.3) is 5.91 Å². The number of carbonyl (C=O) groups excluding carboxylic acids is 1. The van der Waals surface area contributed by atoms with E-state index in [1.165, 1.54) is 18.2 Å². The van der Waals surface area contributed by atoms with E-state index in [1.54, 1.807) is 0 Å². The maximum absolute atomic E-state index is 13.5. The van der Waals surface area contributed by atoms with E-state index < -0.39 is 11.7 Å². The van der Waals surface area contributed by atoms with E-state index in [2.05, 4.69) is 5.32 Å². The summed E-state index contributed by atoms with van der Waals surface area (Å²) in [5, 5.41) is 3.01. The molecule has 0 aliphatic carbocycles. The van der Waals surface area contributed by atoms with Gasteiger partial charge in [-0.3, -0.25) is 4.79 Å². The van der Waals surface area contributed by atoms with Gasteiger partial charge in [0.1, 0.15) is 5.82 Å². The zero-order valence-electron chi connectivity index (χ0n) is 10.4. The number of hydrogen-bond acceptors (Lipinski definition) is 1. The molecule has 0 heterocycles. The van der Waals surface area contributed by atoms with Crippen LogP contribution in [0.1, 0.15) is 21.5 Å². The number of amides is 1. The van der Waals surface area contributed by atoms with Crippen LogP contribution in [0, 0.1) is 12.7 Å². The summed E-state index contributed by atoms with van der Waals surface area (Å²) in [4.78, 5) is 11.9. The molecule has 0 fully saturated rings. The second-order valence-electron chi connectivity index (χ2n) is 4.30. The van der Waals surface area contributed by atoms with Gasteiger partial charge < -0.3 is 5.32 Å². The topological polar surface area (TPSA) is 29.1 Å². The minimum Gasteiger partial charge on any atom is -0.348 e. The third-order valence-electron chi connectivity index (χ3n) is 2.71. The van der Waals surface area contributed by atoms with E-state index in [1.807, 2.05) is 31.2 Å². The Kier molecular flexibility index (Phi) is 4.17. The monoisotopic (exact) mass is 277 g/mol. The fraction of sp³-hybridized carbons (Fsp3) is 0.133. The van der Waals surface area contributed by atoms with Crippen LogP contribution in [0.4, 0.5) is 4.39 Å². The minimum absolute atomic E-state index is 0.0415. The maximum atomic E-state index is 13.5. The van der Waals surface area contributed by atoms with E-state index in [-0.39, 0.29) is 5.56 Å². The first-order valence-electron chi connectivity index (χ1n) is 5.85. The SMILES string of the molecule is Cc1cccc(CNC(=O)c2cc(Cl)ccc2F)c1. The largest absolute Gasteiger partial charge is 0.348 e. The van der Waals surface area contributed by atoms with Gasteiger partial charge in [-0.1, -0.05) is 41.4 Å². The number of hydrogen-bond donors (Lipinski definition) is 1. The lowest BCUT2D eigenvalue weighted by Crippen LogP contribution is -2.23. The van der Waals surface area contributed by atoms with Crippen molar-refractivity contribution in [2.45, 2.75) is 13.5 Å². The van der Waals surface area contributed by atoms with Crippen LogP contribution in [-0.4, -0.2) is 5.91 Å². The second-order valence-corrected chi connectivity index (χ2v) is 4.73. The molecule has 98 valence electrons. The van der Waals surface area contributed by atoms with E-state index in [0.717, 1.165) is 11.1 Å². The fourth-order valence-corrected chi connectivity index (χ4v) is 1.94. The Morgan fingerprint density at radius 3 is 2.79 bits per heavy atom. The Hall–Kier alpha value is -1.87. The molecule has 0 saturated carbocycles. The van der Waals surface area contributed by atoms with Gasteiger partial charge in [0.05, 0.1) is 5.56 Å². The lowest BCUT2D eigenvalue weighted by Gasteiger charge is -2.07. The van der Waals surface area contributed by atoms with Crippen LogP contribution in [0.25, 0.3) is 0 Å². The molecule has 0 aliphatic rings. The number of nitrogens with one attached hydrogen (secondary N) is 1. The molecule has 0 spiro atoms. The molecular weight excluding hydrogens is 265 g/mol. The Morgan fingerprint density at radius 1 is 1.26 bits per heavy atom. The third kappa shape index (κ3) is 3.55. The molecule has 2 nitrogen and oxygen atoms in total. The number of halogens is 2. The Labute approximate surface area is 116 Å². The average molecular weight is 278 g/mol. The summed E-state index contributed by atoms with van der Waals surface area (Å²) in [5.74, 6) is -1.05. The smallest absolute Gasteiger partial charge is 0.254 e. The lowest BCUT2D eigenvalue weighted by molar-refractivity contribution is 0.0947. The summed E-state index contributed by atoms with van der Waals surface area (Å²) in [5.41, 5.74) is 2.04. The van der Waals surface area contributed by atoms with Gasteiger partial charge in [0.2, 0.25) is 0 Å². The lowest BCUT2D eigenvalue weighted by atomic mass is 10.1. The van der Waals surface area contributed by atoms with Crippen molar-refractivity contribution in [3.63, 3.8) is 0 Å². The second kappa shape index (κ2) is 5.85.